The molecule has 2 rings (SSSR count). The number of alkyl carbamates (subject to hydrolysis) is 1. The van der Waals surface area contributed by atoms with E-state index < -0.39 is 23.6 Å². The number of carboxylic acids is 2. The van der Waals surface area contributed by atoms with Crippen LogP contribution < -0.4 is 10.2 Å². The highest BCUT2D eigenvalue weighted by molar-refractivity contribution is 5.97. The van der Waals surface area contributed by atoms with Crippen molar-refractivity contribution in [3.8, 4) is 0 Å². The molecule has 8 nitrogen and oxygen atoms in total. The predicted octanol–water partition coefficient (Wildman–Crippen LogP) is 2.58. The first-order valence-electron chi connectivity index (χ1n) is 8.42. The minimum atomic E-state index is -1.11. The molecule has 8 heteroatoms. The van der Waals surface area contributed by atoms with Gasteiger partial charge in [0.2, 0.25) is 0 Å². The third-order valence-corrected chi connectivity index (χ3v) is 4.03. The van der Waals surface area contributed by atoms with Gasteiger partial charge in [-0.3, -0.25) is 0 Å². The van der Waals surface area contributed by atoms with Gasteiger partial charge in [-0.25, -0.2) is 14.4 Å². The topological polar surface area (TPSA) is 116 Å². The smallest absolute Gasteiger partial charge is 0.407 e. The number of piperidine rings is 1. The molecule has 0 unspecified atom stereocenters. The predicted molar refractivity (Wildman–Crippen MR) is 95.0 cm³/mol. The molecule has 0 atom stereocenters. The van der Waals surface area contributed by atoms with E-state index in [1.54, 1.807) is 20.8 Å². The fourth-order valence-corrected chi connectivity index (χ4v) is 2.85. The second kappa shape index (κ2) is 7.63. The number of amides is 1. The van der Waals surface area contributed by atoms with E-state index in [-0.39, 0.29) is 17.2 Å². The van der Waals surface area contributed by atoms with Crippen LogP contribution in [0.3, 0.4) is 0 Å². The van der Waals surface area contributed by atoms with Crippen LogP contribution >= 0.6 is 0 Å². The van der Waals surface area contributed by atoms with Crippen LogP contribution in [0.1, 0.15) is 54.3 Å². The normalized spacial score (nSPS) is 15.4. The van der Waals surface area contributed by atoms with Crippen LogP contribution in [0.25, 0.3) is 0 Å². The van der Waals surface area contributed by atoms with Crippen LogP contribution in [-0.4, -0.2) is 53.0 Å². The molecular weight excluding hydrogens is 340 g/mol. The van der Waals surface area contributed by atoms with Crippen molar-refractivity contribution in [2.24, 2.45) is 0 Å². The highest BCUT2D eigenvalue weighted by atomic mass is 16.6. The van der Waals surface area contributed by atoms with E-state index in [4.69, 9.17) is 9.84 Å². The molecule has 0 aliphatic carbocycles. The first-order chi connectivity index (χ1) is 12.1. The largest absolute Gasteiger partial charge is 0.478 e. The zero-order chi connectivity index (χ0) is 19.5. The van der Waals surface area contributed by atoms with Crippen molar-refractivity contribution in [2.75, 3.05) is 18.0 Å². The summed E-state index contributed by atoms with van der Waals surface area (Å²) in [6.45, 7) is 6.38. The van der Waals surface area contributed by atoms with Crippen LogP contribution in [0.2, 0.25) is 0 Å². The number of benzene rings is 1. The molecule has 1 aliphatic heterocycles. The lowest BCUT2D eigenvalue weighted by atomic mass is 10.0. The standard InChI is InChI=1S/C18H24N2O6/c1-18(2,3)26-17(25)19-12-6-8-20(9-7-12)14-10-11(15(21)22)4-5-13(14)16(23)24/h4-5,10,12H,6-9H2,1-3H3,(H,19,25)(H,21,22)(H,23,24). The Kier molecular flexibility index (Phi) is 5.74. The van der Waals surface area contributed by atoms with E-state index in [1.165, 1.54) is 18.2 Å². The maximum absolute atomic E-state index is 11.9. The number of nitrogens with one attached hydrogen (secondary N) is 1. The molecule has 1 aliphatic rings. The molecule has 1 saturated heterocycles. The number of carboxylic acid groups (broad SMARTS) is 2. The average Bonchev–Trinajstić information content (AvgIpc) is 2.53. The molecule has 0 bridgehead atoms. The second-order valence-electron chi connectivity index (χ2n) is 7.25. The molecular formula is C18H24N2O6. The summed E-state index contributed by atoms with van der Waals surface area (Å²) in [7, 11) is 0. The molecule has 142 valence electrons. The summed E-state index contributed by atoms with van der Waals surface area (Å²) in [5.74, 6) is -2.21. The number of anilines is 1. The Hall–Kier alpha value is -2.77. The van der Waals surface area contributed by atoms with Crippen molar-refractivity contribution in [1.82, 2.24) is 5.32 Å². The number of rotatable bonds is 4. The van der Waals surface area contributed by atoms with Gasteiger partial charge in [0.05, 0.1) is 16.8 Å². The van der Waals surface area contributed by atoms with E-state index in [9.17, 15) is 19.5 Å². The van der Waals surface area contributed by atoms with Gasteiger partial charge < -0.3 is 25.2 Å². The summed E-state index contributed by atoms with van der Waals surface area (Å²) < 4.78 is 5.24. The number of aromatic carboxylic acids is 2. The molecule has 1 fully saturated rings. The summed E-state index contributed by atoms with van der Waals surface area (Å²) in [5, 5.41) is 21.3. The van der Waals surface area contributed by atoms with Crippen LogP contribution in [0.5, 0.6) is 0 Å². The van der Waals surface area contributed by atoms with Crippen molar-refractivity contribution in [2.45, 2.75) is 45.3 Å². The highest BCUT2D eigenvalue weighted by Crippen LogP contribution is 2.26. The van der Waals surface area contributed by atoms with Crippen LogP contribution in [0.15, 0.2) is 18.2 Å². The molecule has 0 saturated carbocycles. The first-order valence-corrected chi connectivity index (χ1v) is 8.42. The third-order valence-electron chi connectivity index (χ3n) is 4.03. The van der Waals surface area contributed by atoms with Gasteiger partial charge in [-0.1, -0.05) is 0 Å². The molecule has 0 aromatic heterocycles. The van der Waals surface area contributed by atoms with E-state index in [1.807, 2.05) is 4.90 Å². The molecule has 26 heavy (non-hydrogen) atoms. The van der Waals surface area contributed by atoms with Crippen LogP contribution in [0.4, 0.5) is 10.5 Å². The Morgan fingerprint density at radius 3 is 2.23 bits per heavy atom. The maximum Gasteiger partial charge on any atom is 0.407 e. The van der Waals surface area contributed by atoms with Gasteiger partial charge in [0.25, 0.3) is 0 Å². The fourth-order valence-electron chi connectivity index (χ4n) is 2.85. The minimum Gasteiger partial charge on any atom is -0.478 e. The van der Waals surface area contributed by atoms with Crippen LogP contribution in [-0.2, 0) is 4.74 Å². The summed E-state index contributed by atoms with van der Waals surface area (Å²) in [6.07, 6.45) is 0.737. The lowest BCUT2D eigenvalue weighted by molar-refractivity contribution is 0.0496. The van der Waals surface area contributed by atoms with Crippen molar-refractivity contribution in [3.63, 3.8) is 0 Å². The van der Waals surface area contributed by atoms with E-state index in [0.29, 0.717) is 31.6 Å². The fraction of sp³-hybridized carbons (Fsp3) is 0.500. The molecule has 0 spiro atoms. The van der Waals surface area contributed by atoms with Gasteiger partial charge in [-0.05, 0) is 51.8 Å². The molecule has 1 aromatic rings. The molecule has 0 radical (unpaired) electrons. The molecule has 1 heterocycles. The van der Waals surface area contributed by atoms with Gasteiger partial charge in [0, 0.05) is 19.1 Å². The van der Waals surface area contributed by atoms with Crippen molar-refractivity contribution in [1.29, 1.82) is 0 Å². The van der Waals surface area contributed by atoms with E-state index in [0.717, 1.165) is 0 Å². The maximum atomic E-state index is 11.9. The molecule has 1 aromatic carbocycles. The van der Waals surface area contributed by atoms with Crippen molar-refractivity contribution >= 4 is 23.7 Å². The van der Waals surface area contributed by atoms with Gasteiger partial charge >= 0.3 is 18.0 Å². The first kappa shape index (κ1) is 19.6. The highest BCUT2D eigenvalue weighted by Gasteiger charge is 2.26. The minimum absolute atomic E-state index is 0.0407. The summed E-state index contributed by atoms with van der Waals surface area (Å²) >= 11 is 0. The van der Waals surface area contributed by atoms with E-state index >= 15 is 0 Å². The van der Waals surface area contributed by atoms with Crippen molar-refractivity contribution < 1.29 is 29.3 Å². The SMILES string of the molecule is CC(C)(C)OC(=O)NC1CCN(c2cc(C(=O)O)ccc2C(=O)O)CC1. The quantitative estimate of drug-likeness (QED) is 0.752. The Bertz CT molecular complexity index is 702. The van der Waals surface area contributed by atoms with Gasteiger partial charge in [-0.15, -0.1) is 0 Å². The summed E-state index contributed by atoms with van der Waals surface area (Å²) in [5.41, 5.74) is -0.0843. The molecule has 3 N–H and O–H groups in total. The van der Waals surface area contributed by atoms with E-state index in [2.05, 4.69) is 5.32 Å². The Morgan fingerprint density at radius 1 is 1.12 bits per heavy atom. The van der Waals surface area contributed by atoms with Gasteiger partial charge in [-0.2, -0.15) is 0 Å². The second-order valence-corrected chi connectivity index (χ2v) is 7.25. The van der Waals surface area contributed by atoms with Crippen molar-refractivity contribution in [3.05, 3.63) is 29.3 Å². The summed E-state index contributed by atoms with van der Waals surface area (Å²) in [4.78, 5) is 36.3. The zero-order valence-electron chi connectivity index (χ0n) is 15.1. The number of carbonyl (C=O) groups is 3. The lowest BCUT2D eigenvalue weighted by Crippen LogP contribution is -2.46. The third kappa shape index (κ3) is 5.11. The van der Waals surface area contributed by atoms with Crippen LogP contribution in [0, 0.1) is 0 Å². The summed E-state index contributed by atoms with van der Waals surface area (Å²) in [6, 6.07) is 3.91. The Morgan fingerprint density at radius 2 is 1.73 bits per heavy atom. The number of hydrogen-bond donors (Lipinski definition) is 3. The number of nitrogens with zero attached hydrogens (tertiary/aromatic N) is 1. The number of ether oxygens (including phenoxy) is 1. The number of carbonyl (C=O) groups excluding carboxylic acids is 1. The lowest BCUT2D eigenvalue weighted by Gasteiger charge is -2.35. The Balaban J connectivity index is 2.05. The van der Waals surface area contributed by atoms with Gasteiger partial charge in [0.1, 0.15) is 5.60 Å². The molecule has 1 amide bonds. The van der Waals surface area contributed by atoms with Gasteiger partial charge in [0.15, 0.2) is 0 Å². The number of hydrogen-bond acceptors (Lipinski definition) is 5. The monoisotopic (exact) mass is 364 g/mol. The average molecular weight is 364 g/mol. The Labute approximate surface area is 151 Å². The zero-order valence-corrected chi connectivity index (χ0v) is 15.1.